The van der Waals surface area contributed by atoms with Gasteiger partial charge in [-0.2, -0.15) is 5.10 Å². The normalized spacial score (nSPS) is 12.0. The van der Waals surface area contributed by atoms with Crippen LogP contribution in [0.3, 0.4) is 0 Å². The van der Waals surface area contributed by atoms with Crippen LogP contribution in [0.2, 0.25) is 10.0 Å². The van der Waals surface area contributed by atoms with Gasteiger partial charge in [-0.1, -0.05) is 37.0 Å². The van der Waals surface area contributed by atoms with E-state index in [0.29, 0.717) is 10.6 Å². The second-order valence-electron chi connectivity index (χ2n) is 6.40. The number of nitrogens with zero attached hydrogens (tertiary/aromatic N) is 2. The zero-order chi connectivity index (χ0) is 21.6. The summed E-state index contributed by atoms with van der Waals surface area (Å²) < 4.78 is 0. The molecule has 0 heterocycles. The third-order valence-electron chi connectivity index (χ3n) is 3.90. The van der Waals surface area contributed by atoms with Crippen molar-refractivity contribution in [1.29, 1.82) is 0 Å². The quantitative estimate of drug-likeness (QED) is 0.390. The molecule has 0 saturated carbocycles. The van der Waals surface area contributed by atoms with Crippen LogP contribution in [0.25, 0.3) is 0 Å². The molecule has 0 saturated heterocycles. The fraction of sp³-hybridized carbons (Fsp3) is 0.211. The van der Waals surface area contributed by atoms with Crippen molar-refractivity contribution in [2.75, 3.05) is 0 Å². The molecule has 1 atom stereocenters. The van der Waals surface area contributed by atoms with Gasteiger partial charge in [0.25, 0.3) is 17.5 Å². The Hall–Kier alpha value is -2.97. The number of nitro benzene ring substituents is 1. The predicted octanol–water partition coefficient (Wildman–Crippen LogP) is 3.81. The average Bonchev–Trinajstić information content (AvgIpc) is 2.65. The maximum atomic E-state index is 12.5. The average molecular weight is 437 g/mol. The molecule has 0 spiro atoms. The molecule has 29 heavy (non-hydrogen) atoms. The van der Waals surface area contributed by atoms with Crippen molar-refractivity contribution < 1.29 is 14.5 Å². The highest BCUT2D eigenvalue weighted by Gasteiger charge is 2.25. The Labute approximate surface area is 177 Å². The van der Waals surface area contributed by atoms with E-state index in [9.17, 15) is 19.7 Å². The maximum absolute atomic E-state index is 12.5. The molecule has 0 radical (unpaired) electrons. The van der Waals surface area contributed by atoms with Crippen LogP contribution in [-0.2, 0) is 4.79 Å². The van der Waals surface area contributed by atoms with Crippen LogP contribution in [0.15, 0.2) is 47.6 Å². The monoisotopic (exact) mass is 436 g/mol. The van der Waals surface area contributed by atoms with Gasteiger partial charge in [-0.25, -0.2) is 5.43 Å². The molecule has 0 aromatic heterocycles. The number of benzene rings is 2. The summed E-state index contributed by atoms with van der Waals surface area (Å²) in [5, 5.41) is 17.7. The Balaban J connectivity index is 2.03. The fourth-order valence-electron chi connectivity index (χ4n) is 2.35. The Bertz CT molecular complexity index is 946. The van der Waals surface area contributed by atoms with Gasteiger partial charge >= 0.3 is 0 Å². The number of halogens is 2. The summed E-state index contributed by atoms with van der Waals surface area (Å²) in [7, 11) is 0. The van der Waals surface area contributed by atoms with E-state index in [1.54, 1.807) is 13.8 Å². The second kappa shape index (κ2) is 9.99. The summed E-state index contributed by atoms with van der Waals surface area (Å²) in [6.07, 6.45) is 1.34. The summed E-state index contributed by atoms with van der Waals surface area (Å²) in [4.78, 5) is 35.0. The molecule has 152 valence electrons. The number of nitro groups is 1. The highest BCUT2D eigenvalue weighted by atomic mass is 35.5. The molecule has 0 bridgehead atoms. The number of rotatable bonds is 7. The van der Waals surface area contributed by atoms with Crippen LogP contribution in [0.5, 0.6) is 0 Å². The smallest absolute Gasteiger partial charge is 0.269 e. The van der Waals surface area contributed by atoms with E-state index in [1.807, 2.05) is 0 Å². The van der Waals surface area contributed by atoms with Crippen molar-refractivity contribution in [2.24, 2.45) is 11.0 Å². The highest BCUT2D eigenvalue weighted by Crippen LogP contribution is 2.21. The number of carbonyl (C=O) groups excluding carboxylic acids is 2. The molecule has 0 aliphatic heterocycles. The summed E-state index contributed by atoms with van der Waals surface area (Å²) in [6, 6.07) is 9.24. The maximum Gasteiger partial charge on any atom is 0.269 e. The van der Waals surface area contributed by atoms with Crippen LogP contribution in [0.4, 0.5) is 5.69 Å². The molecular formula is C19H18Cl2N4O4. The topological polar surface area (TPSA) is 114 Å². The third kappa shape index (κ3) is 6.27. The molecule has 2 aromatic rings. The second-order valence-corrected chi connectivity index (χ2v) is 7.25. The molecule has 2 aromatic carbocycles. The first-order valence-electron chi connectivity index (χ1n) is 8.52. The first-order chi connectivity index (χ1) is 13.7. The fourth-order valence-corrected chi connectivity index (χ4v) is 2.84. The van der Waals surface area contributed by atoms with E-state index in [-0.39, 0.29) is 22.2 Å². The lowest BCUT2D eigenvalue weighted by Gasteiger charge is -2.20. The predicted molar refractivity (Wildman–Crippen MR) is 111 cm³/mol. The van der Waals surface area contributed by atoms with Gasteiger partial charge in [0.15, 0.2) is 0 Å². The summed E-state index contributed by atoms with van der Waals surface area (Å²) in [6.45, 7) is 3.54. The number of amides is 2. The van der Waals surface area contributed by atoms with Crippen LogP contribution in [0, 0.1) is 16.0 Å². The number of nitrogens with one attached hydrogen (secondary N) is 2. The lowest BCUT2D eigenvalue weighted by atomic mass is 10.0. The SMILES string of the molecule is CC(C)[C@H](NC(=O)c1ccc(Cl)cc1Cl)C(=O)N/N=C/c1ccc([N+](=O)[O-])cc1. The van der Waals surface area contributed by atoms with Gasteiger partial charge in [-0.3, -0.25) is 19.7 Å². The zero-order valence-electron chi connectivity index (χ0n) is 15.6. The van der Waals surface area contributed by atoms with Crippen LogP contribution >= 0.6 is 23.2 Å². The summed E-state index contributed by atoms with van der Waals surface area (Å²) in [5.41, 5.74) is 3.07. The van der Waals surface area contributed by atoms with Crippen molar-refractivity contribution >= 4 is 46.9 Å². The molecule has 2 N–H and O–H groups in total. The van der Waals surface area contributed by atoms with Crippen molar-refractivity contribution in [3.8, 4) is 0 Å². The van der Waals surface area contributed by atoms with Gasteiger partial charge in [-0.05, 0) is 41.8 Å². The molecule has 2 amide bonds. The van der Waals surface area contributed by atoms with E-state index in [0.717, 1.165) is 0 Å². The molecule has 0 unspecified atom stereocenters. The van der Waals surface area contributed by atoms with Gasteiger partial charge in [0, 0.05) is 17.2 Å². The van der Waals surface area contributed by atoms with E-state index in [1.165, 1.54) is 48.7 Å². The first kappa shape index (κ1) is 22.3. The Morgan fingerprint density at radius 2 is 1.79 bits per heavy atom. The first-order valence-corrected chi connectivity index (χ1v) is 9.28. The van der Waals surface area contributed by atoms with Gasteiger partial charge < -0.3 is 5.32 Å². The molecule has 8 nitrogen and oxygen atoms in total. The molecule has 10 heteroatoms. The number of hydrogen-bond acceptors (Lipinski definition) is 5. The number of carbonyl (C=O) groups is 2. The third-order valence-corrected chi connectivity index (χ3v) is 4.45. The molecule has 2 rings (SSSR count). The van der Waals surface area contributed by atoms with E-state index in [4.69, 9.17) is 23.2 Å². The van der Waals surface area contributed by atoms with Crippen molar-refractivity contribution in [3.05, 3.63) is 73.8 Å². The van der Waals surface area contributed by atoms with Gasteiger partial charge in [0.1, 0.15) is 6.04 Å². The van der Waals surface area contributed by atoms with E-state index in [2.05, 4.69) is 15.8 Å². The van der Waals surface area contributed by atoms with Crippen molar-refractivity contribution in [1.82, 2.24) is 10.7 Å². The molecule has 0 aliphatic carbocycles. The van der Waals surface area contributed by atoms with Gasteiger partial charge in [0.05, 0.1) is 21.7 Å². The minimum atomic E-state index is -0.858. The largest absolute Gasteiger partial charge is 0.340 e. The Kier molecular flexibility index (Phi) is 7.69. The number of hydrazone groups is 1. The van der Waals surface area contributed by atoms with Gasteiger partial charge in [0.2, 0.25) is 0 Å². The van der Waals surface area contributed by atoms with E-state index >= 15 is 0 Å². The summed E-state index contributed by atoms with van der Waals surface area (Å²) >= 11 is 11.9. The van der Waals surface area contributed by atoms with Gasteiger partial charge in [-0.15, -0.1) is 0 Å². The van der Waals surface area contributed by atoms with Crippen molar-refractivity contribution in [2.45, 2.75) is 19.9 Å². The highest BCUT2D eigenvalue weighted by molar-refractivity contribution is 6.36. The van der Waals surface area contributed by atoms with Crippen LogP contribution in [0.1, 0.15) is 29.8 Å². The molecule has 0 fully saturated rings. The Morgan fingerprint density at radius 3 is 2.34 bits per heavy atom. The van der Waals surface area contributed by atoms with Crippen molar-refractivity contribution in [3.63, 3.8) is 0 Å². The zero-order valence-corrected chi connectivity index (χ0v) is 17.1. The van der Waals surface area contributed by atoms with E-state index < -0.39 is 22.8 Å². The lowest BCUT2D eigenvalue weighted by Crippen LogP contribution is -2.48. The van der Waals surface area contributed by atoms with Crippen LogP contribution < -0.4 is 10.7 Å². The number of hydrogen-bond donors (Lipinski definition) is 2. The van der Waals surface area contributed by atoms with Crippen LogP contribution in [-0.4, -0.2) is 29.0 Å². The summed E-state index contributed by atoms with van der Waals surface area (Å²) in [5.74, 6) is -1.25. The minimum Gasteiger partial charge on any atom is -0.340 e. The molecular weight excluding hydrogens is 419 g/mol. The Morgan fingerprint density at radius 1 is 1.14 bits per heavy atom. The standard InChI is InChI=1S/C19H18Cl2N4O4/c1-11(2)17(23-18(26)15-8-5-13(20)9-16(15)21)19(27)24-22-10-12-3-6-14(7-4-12)25(28)29/h3-11,17H,1-2H3,(H,23,26)(H,24,27)/b22-10+/t17-/m0/s1. The molecule has 0 aliphatic rings. The number of non-ortho nitro benzene ring substituents is 1. The minimum absolute atomic E-state index is 0.0466. The lowest BCUT2D eigenvalue weighted by molar-refractivity contribution is -0.384.